The Balaban J connectivity index is 2.10. The van der Waals surface area contributed by atoms with Gasteiger partial charge in [0.2, 0.25) is 11.8 Å². The van der Waals surface area contributed by atoms with Crippen molar-refractivity contribution in [2.45, 2.75) is 44.7 Å². The lowest BCUT2D eigenvalue weighted by Crippen LogP contribution is -2.52. The molecule has 1 N–H and O–H groups in total. The lowest BCUT2D eigenvalue weighted by molar-refractivity contribution is -0.140. The summed E-state index contributed by atoms with van der Waals surface area (Å²) in [5.74, 6) is -0.821. The lowest BCUT2D eigenvalue weighted by Gasteiger charge is -2.33. The van der Waals surface area contributed by atoms with Gasteiger partial charge in [-0.3, -0.25) is 13.9 Å². The average Bonchev–Trinajstić information content (AvgIpc) is 2.93. The van der Waals surface area contributed by atoms with E-state index in [4.69, 9.17) is 46.4 Å². The summed E-state index contributed by atoms with van der Waals surface area (Å²) in [5, 5.41) is 3.90. The van der Waals surface area contributed by atoms with Gasteiger partial charge >= 0.3 is 0 Å². The molecule has 0 aliphatic carbocycles. The van der Waals surface area contributed by atoms with E-state index in [1.807, 2.05) is 13.8 Å². The van der Waals surface area contributed by atoms with Gasteiger partial charge in [-0.2, -0.15) is 0 Å². The number of rotatable bonds is 12. The van der Waals surface area contributed by atoms with E-state index >= 15 is 0 Å². The fourth-order valence-corrected chi connectivity index (χ4v) is 6.44. The monoisotopic (exact) mass is 657 g/mol. The van der Waals surface area contributed by atoms with Crippen molar-refractivity contribution >= 4 is 73.9 Å². The average molecular weight is 659 g/mol. The maximum Gasteiger partial charge on any atom is 0.264 e. The van der Waals surface area contributed by atoms with Crippen molar-refractivity contribution in [1.29, 1.82) is 0 Å². The van der Waals surface area contributed by atoms with Gasteiger partial charge in [-0.05, 0) is 60.4 Å². The second kappa shape index (κ2) is 14.6. The van der Waals surface area contributed by atoms with Gasteiger partial charge in [-0.15, -0.1) is 0 Å². The number of hydrogen-bond donors (Lipinski definition) is 1. The molecule has 0 spiro atoms. The van der Waals surface area contributed by atoms with E-state index in [0.717, 1.165) is 4.31 Å². The van der Waals surface area contributed by atoms with Gasteiger partial charge in [0.25, 0.3) is 10.0 Å². The van der Waals surface area contributed by atoms with E-state index in [1.165, 1.54) is 35.2 Å². The van der Waals surface area contributed by atoms with E-state index in [-0.39, 0.29) is 45.4 Å². The van der Waals surface area contributed by atoms with Gasteiger partial charge in [-0.25, -0.2) is 8.42 Å². The second-order valence-corrected chi connectivity index (χ2v) is 13.3. The minimum Gasteiger partial charge on any atom is -0.354 e. The summed E-state index contributed by atoms with van der Waals surface area (Å²) in [6, 6.07) is 15.9. The number of nitrogens with one attached hydrogen (secondary N) is 1. The van der Waals surface area contributed by atoms with Gasteiger partial charge in [0, 0.05) is 28.2 Å². The van der Waals surface area contributed by atoms with Crippen molar-refractivity contribution in [3.05, 3.63) is 92.4 Å². The van der Waals surface area contributed by atoms with E-state index in [0.29, 0.717) is 22.2 Å². The lowest BCUT2D eigenvalue weighted by atomic mass is 10.1. The first kappa shape index (κ1) is 33.0. The highest BCUT2D eigenvalue weighted by molar-refractivity contribution is 7.92. The largest absolute Gasteiger partial charge is 0.354 e. The van der Waals surface area contributed by atoms with Crippen LogP contribution in [0.5, 0.6) is 0 Å². The molecule has 7 nitrogen and oxygen atoms in total. The number of hydrogen-bond acceptors (Lipinski definition) is 4. The van der Waals surface area contributed by atoms with Crippen LogP contribution in [-0.4, -0.2) is 44.3 Å². The van der Waals surface area contributed by atoms with Crippen LogP contribution in [0, 0.1) is 5.92 Å². The third-order valence-corrected chi connectivity index (χ3v) is 9.13. The number of carbonyl (C=O) groups excluding carboxylic acids is 2. The predicted molar refractivity (Wildman–Crippen MR) is 166 cm³/mol. The van der Waals surface area contributed by atoms with Crippen molar-refractivity contribution in [2.24, 2.45) is 5.92 Å². The highest BCUT2D eigenvalue weighted by atomic mass is 35.5. The Bertz CT molecular complexity index is 1490. The Morgan fingerprint density at radius 2 is 1.51 bits per heavy atom. The molecule has 0 aliphatic heterocycles. The predicted octanol–water partition coefficient (Wildman–Crippen LogP) is 7.08. The number of anilines is 1. The highest BCUT2D eigenvalue weighted by Crippen LogP contribution is 2.33. The first-order valence-corrected chi connectivity index (χ1v) is 15.8. The zero-order valence-electron chi connectivity index (χ0n) is 22.8. The number of amides is 2. The molecule has 1 atom stereocenters. The van der Waals surface area contributed by atoms with Crippen LogP contribution in [-0.2, 0) is 26.2 Å². The van der Waals surface area contributed by atoms with Crippen molar-refractivity contribution in [3.8, 4) is 0 Å². The normalized spacial score (nSPS) is 12.2. The van der Waals surface area contributed by atoms with Crippen LogP contribution in [0.15, 0.2) is 71.6 Å². The third-order valence-electron chi connectivity index (χ3n) is 6.21. The smallest absolute Gasteiger partial charge is 0.264 e. The molecular formula is C29H31Cl4N3O4S. The minimum absolute atomic E-state index is 0.0261. The molecule has 0 radical (unpaired) electrons. The fraction of sp³-hybridized carbons (Fsp3) is 0.310. The summed E-state index contributed by atoms with van der Waals surface area (Å²) in [6.07, 6.45) is 0.268. The topological polar surface area (TPSA) is 86.8 Å². The Hall–Kier alpha value is -2.49. The standard InChI is InChI=1S/C29H31Cl4N3O4S/c1-4-26(29(38)34-16-19(2)3)35(17-20-10-11-21(30)14-25(20)33)28(37)18-36(27-15-22(31)12-13-24(27)32)41(39,40)23-8-6-5-7-9-23/h5-15,19,26H,4,16-18H2,1-3H3,(H,34,38)/t26-/m0/s1. The molecule has 2 amide bonds. The Labute approximate surface area is 261 Å². The molecule has 0 saturated carbocycles. The quantitative estimate of drug-likeness (QED) is 0.225. The molecule has 0 fully saturated rings. The van der Waals surface area contributed by atoms with Crippen LogP contribution >= 0.6 is 46.4 Å². The summed E-state index contributed by atoms with van der Waals surface area (Å²) in [5.41, 5.74) is 0.566. The number of sulfonamides is 1. The molecular weight excluding hydrogens is 628 g/mol. The zero-order chi connectivity index (χ0) is 30.3. The summed E-state index contributed by atoms with van der Waals surface area (Å²) in [6.45, 7) is 5.38. The molecule has 0 heterocycles. The zero-order valence-corrected chi connectivity index (χ0v) is 26.6. The van der Waals surface area contributed by atoms with Crippen molar-refractivity contribution in [2.75, 3.05) is 17.4 Å². The SMILES string of the molecule is CC[C@@H](C(=O)NCC(C)C)N(Cc1ccc(Cl)cc1Cl)C(=O)CN(c1cc(Cl)ccc1Cl)S(=O)(=O)c1ccccc1. The first-order valence-electron chi connectivity index (χ1n) is 12.9. The van der Waals surface area contributed by atoms with Crippen molar-refractivity contribution < 1.29 is 18.0 Å². The third kappa shape index (κ3) is 8.52. The molecule has 220 valence electrons. The molecule has 3 rings (SSSR count). The maximum absolute atomic E-state index is 14.1. The van der Waals surface area contributed by atoms with Crippen LogP contribution < -0.4 is 9.62 Å². The molecule has 0 aromatic heterocycles. The molecule has 0 aliphatic rings. The molecule has 0 bridgehead atoms. The molecule has 41 heavy (non-hydrogen) atoms. The minimum atomic E-state index is -4.28. The molecule has 12 heteroatoms. The molecule has 3 aromatic carbocycles. The van der Waals surface area contributed by atoms with Crippen LogP contribution in [0.4, 0.5) is 5.69 Å². The van der Waals surface area contributed by atoms with E-state index in [9.17, 15) is 18.0 Å². The molecule has 0 unspecified atom stereocenters. The van der Waals surface area contributed by atoms with Gasteiger partial charge in [0.15, 0.2) is 0 Å². The van der Waals surface area contributed by atoms with E-state index < -0.39 is 28.5 Å². The first-order chi connectivity index (χ1) is 19.3. The summed E-state index contributed by atoms with van der Waals surface area (Å²) in [4.78, 5) is 28.7. The van der Waals surface area contributed by atoms with Gasteiger partial charge in [-0.1, -0.05) is 91.4 Å². The Kier molecular flexibility index (Phi) is 11.8. The molecule has 0 saturated heterocycles. The molecule has 3 aromatic rings. The van der Waals surface area contributed by atoms with Gasteiger partial charge in [0.1, 0.15) is 12.6 Å². The van der Waals surface area contributed by atoms with E-state index in [2.05, 4.69) is 5.32 Å². The van der Waals surface area contributed by atoms with Crippen molar-refractivity contribution in [3.63, 3.8) is 0 Å². The number of nitrogens with zero attached hydrogens (tertiary/aromatic N) is 2. The summed E-state index contributed by atoms with van der Waals surface area (Å²) >= 11 is 25.2. The summed E-state index contributed by atoms with van der Waals surface area (Å²) < 4.78 is 28.7. The second-order valence-electron chi connectivity index (χ2n) is 9.74. The maximum atomic E-state index is 14.1. The van der Waals surface area contributed by atoms with Crippen LogP contribution in [0.25, 0.3) is 0 Å². The Morgan fingerprint density at radius 3 is 2.12 bits per heavy atom. The van der Waals surface area contributed by atoms with Crippen molar-refractivity contribution in [1.82, 2.24) is 10.2 Å². The number of carbonyl (C=O) groups is 2. The van der Waals surface area contributed by atoms with Gasteiger partial charge in [0.05, 0.1) is 15.6 Å². The number of halogens is 4. The fourth-order valence-electron chi connectivity index (χ4n) is 4.09. The van der Waals surface area contributed by atoms with Gasteiger partial charge < -0.3 is 10.2 Å². The highest BCUT2D eigenvalue weighted by Gasteiger charge is 2.34. The van der Waals surface area contributed by atoms with Crippen LogP contribution in [0.1, 0.15) is 32.8 Å². The van der Waals surface area contributed by atoms with Crippen LogP contribution in [0.2, 0.25) is 20.1 Å². The Morgan fingerprint density at radius 1 is 0.878 bits per heavy atom. The summed E-state index contributed by atoms with van der Waals surface area (Å²) in [7, 11) is -4.28. The number of benzene rings is 3. The van der Waals surface area contributed by atoms with E-state index in [1.54, 1.807) is 43.3 Å². The van der Waals surface area contributed by atoms with Crippen LogP contribution in [0.3, 0.4) is 0 Å².